The summed E-state index contributed by atoms with van der Waals surface area (Å²) in [7, 11) is 1.33. The highest BCUT2D eigenvalue weighted by molar-refractivity contribution is 5.66. The Morgan fingerprint density at radius 3 is 2.93 bits per heavy atom. The molecule has 0 atom stereocenters. The van der Waals surface area contributed by atoms with Crippen LogP contribution in [0.15, 0.2) is 12.4 Å². The summed E-state index contributed by atoms with van der Waals surface area (Å²) in [6, 6.07) is 1.83. The SMILES string of the molecule is COC(=O)NCCNc1cc(C)ncn1. The summed E-state index contributed by atoms with van der Waals surface area (Å²) in [4.78, 5) is 18.7. The van der Waals surface area contributed by atoms with Crippen molar-refractivity contribution in [3.05, 3.63) is 18.1 Å². The molecule has 0 aromatic carbocycles. The predicted octanol–water partition coefficient (Wildman–Crippen LogP) is 0.553. The number of anilines is 1. The predicted molar refractivity (Wildman–Crippen MR) is 55.7 cm³/mol. The third-order valence-corrected chi connectivity index (χ3v) is 1.69. The largest absolute Gasteiger partial charge is 0.453 e. The average Bonchev–Trinajstić information content (AvgIpc) is 2.24. The fourth-order valence-corrected chi connectivity index (χ4v) is 0.979. The van der Waals surface area contributed by atoms with E-state index in [0.29, 0.717) is 13.1 Å². The molecule has 1 aromatic heterocycles. The Hall–Kier alpha value is -1.85. The maximum atomic E-state index is 10.7. The van der Waals surface area contributed by atoms with Gasteiger partial charge in [0.25, 0.3) is 0 Å². The van der Waals surface area contributed by atoms with Crippen LogP contribution in [0.5, 0.6) is 0 Å². The van der Waals surface area contributed by atoms with Gasteiger partial charge in [0.2, 0.25) is 0 Å². The molecule has 0 aliphatic rings. The number of ether oxygens (including phenoxy) is 1. The highest BCUT2D eigenvalue weighted by atomic mass is 16.5. The Balaban J connectivity index is 2.23. The molecule has 2 N–H and O–H groups in total. The lowest BCUT2D eigenvalue weighted by molar-refractivity contribution is 0.171. The van der Waals surface area contributed by atoms with Crippen LogP contribution in [0.2, 0.25) is 0 Å². The average molecular weight is 210 g/mol. The zero-order valence-corrected chi connectivity index (χ0v) is 8.78. The molecule has 1 aromatic rings. The molecule has 82 valence electrons. The number of aromatic nitrogens is 2. The molecule has 15 heavy (non-hydrogen) atoms. The van der Waals surface area contributed by atoms with E-state index >= 15 is 0 Å². The van der Waals surface area contributed by atoms with Crippen LogP contribution >= 0.6 is 0 Å². The number of hydrogen-bond acceptors (Lipinski definition) is 5. The highest BCUT2D eigenvalue weighted by Gasteiger charge is 1.97. The van der Waals surface area contributed by atoms with Crippen LogP contribution in [-0.4, -0.2) is 36.3 Å². The summed E-state index contributed by atoms with van der Waals surface area (Å²) >= 11 is 0. The number of nitrogens with one attached hydrogen (secondary N) is 2. The van der Waals surface area contributed by atoms with Gasteiger partial charge in [0.15, 0.2) is 0 Å². The van der Waals surface area contributed by atoms with Gasteiger partial charge in [-0.2, -0.15) is 0 Å². The molecule has 0 aliphatic heterocycles. The molecule has 0 saturated carbocycles. The van der Waals surface area contributed by atoms with E-state index in [0.717, 1.165) is 11.5 Å². The zero-order valence-electron chi connectivity index (χ0n) is 8.78. The molecular weight excluding hydrogens is 196 g/mol. The third-order valence-electron chi connectivity index (χ3n) is 1.69. The molecule has 0 fully saturated rings. The summed E-state index contributed by atoms with van der Waals surface area (Å²) in [5.41, 5.74) is 0.897. The number of nitrogens with zero attached hydrogens (tertiary/aromatic N) is 2. The summed E-state index contributed by atoms with van der Waals surface area (Å²) in [5.74, 6) is 0.745. The molecule has 0 unspecified atom stereocenters. The van der Waals surface area contributed by atoms with Gasteiger partial charge in [-0.1, -0.05) is 0 Å². The molecule has 1 heterocycles. The minimum Gasteiger partial charge on any atom is -0.453 e. The second-order valence-corrected chi connectivity index (χ2v) is 2.89. The van der Waals surface area contributed by atoms with Gasteiger partial charge in [0.05, 0.1) is 7.11 Å². The van der Waals surface area contributed by atoms with Crippen LogP contribution in [0, 0.1) is 6.92 Å². The fourth-order valence-electron chi connectivity index (χ4n) is 0.979. The molecule has 0 aliphatic carbocycles. The van der Waals surface area contributed by atoms with Crippen molar-refractivity contribution in [3.8, 4) is 0 Å². The first-order valence-electron chi connectivity index (χ1n) is 4.56. The molecule has 6 nitrogen and oxygen atoms in total. The van der Waals surface area contributed by atoms with Crippen molar-refractivity contribution in [1.29, 1.82) is 0 Å². The minimum absolute atomic E-state index is 0.435. The Morgan fingerprint density at radius 2 is 2.27 bits per heavy atom. The van der Waals surface area contributed by atoms with Gasteiger partial charge in [-0.25, -0.2) is 14.8 Å². The molecule has 0 spiro atoms. The zero-order chi connectivity index (χ0) is 11.1. The smallest absolute Gasteiger partial charge is 0.406 e. The summed E-state index contributed by atoms with van der Waals surface area (Å²) < 4.78 is 4.42. The Kier molecular flexibility index (Phi) is 4.33. The summed E-state index contributed by atoms with van der Waals surface area (Å²) in [6.45, 7) is 2.96. The number of hydrogen-bond donors (Lipinski definition) is 2. The van der Waals surface area contributed by atoms with Crippen LogP contribution < -0.4 is 10.6 Å². The molecular formula is C9H14N4O2. The van der Waals surface area contributed by atoms with Gasteiger partial charge in [0, 0.05) is 24.8 Å². The van der Waals surface area contributed by atoms with Crippen molar-refractivity contribution >= 4 is 11.9 Å². The Labute approximate surface area is 88.1 Å². The van der Waals surface area contributed by atoms with Gasteiger partial charge in [-0.3, -0.25) is 0 Å². The van der Waals surface area contributed by atoms with E-state index in [2.05, 4.69) is 25.3 Å². The van der Waals surface area contributed by atoms with Crippen molar-refractivity contribution in [2.24, 2.45) is 0 Å². The van der Waals surface area contributed by atoms with Gasteiger partial charge in [-0.15, -0.1) is 0 Å². The molecule has 1 amide bonds. The first-order chi connectivity index (χ1) is 7.22. The normalized spacial score (nSPS) is 9.47. The van der Waals surface area contributed by atoms with Gasteiger partial charge >= 0.3 is 6.09 Å². The standard InChI is InChI=1S/C9H14N4O2/c1-7-5-8(13-6-12-7)10-3-4-11-9(14)15-2/h5-6H,3-4H2,1-2H3,(H,11,14)(H,10,12,13). The van der Waals surface area contributed by atoms with Crippen LogP contribution in [-0.2, 0) is 4.74 Å². The lowest BCUT2D eigenvalue weighted by Crippen LogP contribution is -2.28. The number of methoxy groups -OCH3 is 1. The van der Waals surface area contributed by atoms with Crippen LogP contribution in [0.4, 0.5) is 10.6 Å². The van der Waals surface area contributed by atoms with Crippen LogP contribution in [0.1, 0.15) is 5.69 Å². The molecule has 0 bridgehead atoms. The first-order valence-corrected chi connectivity index (χ1v) is 4.56. The van der Waals surface area contributed by atoms with E-state index in [4.69, 9.17) is 0 Å². The number of carbonyl (C=O) groups excluding carboxylic acids is 1. The number of aryl methyl sites for hydroxylation is 1. The lowest BCUT2D eigenvalue weighted by atomic mass is 10.4. The Morgan fingerprint density at radius 1 is 1.47 bits per heavy atom. The maximum absolute atomic E-state index is 10.7. The molecule has 6 heteroatoms. The minimum atomic E-state index is -0.435. The highest BCUT2D eigenvalue weighted by Crippen LogP contribution is 2.00. The monoisotopic (exact) mass is 210 g/mol. The molecule has 1 rings (SSSR count). The van der Waals surface area contributed by atoms with Crippen molar-refractivity contribution in [1.82, 2.24) is 15.3 Å². The Bertz CT molecular complexity index is 330. The summed E-state index contributed by atoms with van der Waals surface area (Å²) in [6.07, 6.45) is 1.06. The van der Waals surface area contributed by atoms with E-state index in [9.17, 15) is 4.79 Å². The maximum Gasteiger partial charge on any atom is 0.406 e. The van der Waals surface area contributed by atoms with Crippen LogP contribution in [0.25, 0.3) is 0 Å². The molecule has 0 radical (unpaired) electrons. The number of amides is 1. The molecule has 0 saturated heterocycles. The lowest BCUT2D eigenvalue weighted by Gasteiger charge is -2.06. The van der Waals surface area contributed by atoms with Crippen molar-refractivity contribution in [2.45, 2.75) is 6.92 Å². The van der Waals surface area contributed by atoms with Crippen molar-refractivity contribution < 1.29 is 9.53 Å². The van der Waals surface area contributed by atoms with Crippen molar-refractivity contribution in [2.75, 3.05) is 25.5 Å². The second-order valence-electron chi connectivity index (χ2n) is 2.89. The fraction of sp³-hybridized carbons (Fsp3) is 0.444. The van der Waals surface area contributed by atoms with E-state index in [1.165, 1.54) is 13.4 Å². The van der Waals surface area contributed by atoms with E-state index in [1.807, 2.05) is 13.0 Å². The van der Waals surface area contributed by atoms with E-state index in [-0.39, 0.29) is 0 Å². The topological polar surface area (TPSA) is 76.1 Å². The number of carbonyl (C=O) groups is 1. The number of rotatable bonds is 4. The second kappa shape index (κ2) is 5.79. The van der Waals surface area contributed by atoms with Gasteiger partial charge < -0.3 is 15.4 Å². The van der Waals surface area contributed by atoms with E-state index < -0.39 is 6.09 Å². The third kappa shape index (κ3) is 4.26. The van der Waals surface area contributed by atoms with Crippen molar-refractivity contribution in [3.63, 3.8) is 0 Å². The summed E-state index contributed by atoms with van der Waals surface area (Å²) in [5, 5.41) is 5.59. The van der Waals surface area contributed by atoms with Crippen LogP contribution in [0.3, 0.4) is 0 Å². The quantitative estimate of drug-likeness (QED) is 0.710. The first kappa shape index (κ1) is 11.2. The number of alkyl carbamates (subject to hydrolysis) is 1. The van der Waals surface area contributed by atoms with E-state index in [1.54, 1.807) is 0 Å². The van der Waals surface area contributed by atoms with Gasteiger partial charge in [0.1, 0.15) is 12.1 Å². The van der Waals surface area contributed by atoms with Gasteiger partial charge in [-0.05, 0) is 6.92 Å².